The van der Waals surface area contributed by atoms with E-state index in [0.29, 0.717) is 12.8 Å². The third kappa shape index (κ3) is 48.1. The van der Waals surface area contributed by atoms with Crippen molar-refractivity contribution in [1.82, 2.24) is 5.32 Å². The number of amides is 1. The molecule has 0 aromatic rings. The highest BCUT2D eigenvalue weighted by atomic mass is 16.3. The third-order valence-electron chi connectivity index (χ3n) is 11.3. The van der Waals surface area contributed by atoms with Crippen LogP contribution < -0.4 is 5.32 Å². The van der Waals surface area contributed by atoms with Crippen molar-refractivity contribution >= 4 is 5.91 Å². The summed E-state index contributed by atoms with van der Waals surface area (Å²) in [4.78, 5) is 12.5. The van der Waals surface area contributed by atoms with Crippen LogP contribution in [-0.4, -0.2) is 34.9 Å². The van der Waals surface area contributed by atoms with Crippen LogP contribution in [0.2, 0.25) is 0 Å². The Labute approximate surface area is 385 Å². The van der Waals surface area contributed by atoms with E-state index in [0.717, 1.165) is 96.3 Å². The zero-order valence-electron chi connectivity index (χ0n) is 40.6. The average Bonchev–Trinajstić information content (AvgIpc) is 3.28. The molecular weight excluding hydrogens is 759 g/mol. The lowest BCUT2D eigenvalue weighted by molar-refractivity contribution is -0.123. The van der Waals surface area contributed by atoms with Gasteiger partial charge in [0, 0.05) is 6.42 Å². The van der Waals surface area contributed by atoms with Crippen LogP contribution >= 0.6 is 0 Å². The van der Waals surface area contributed by atoms with Crippen LogP contribution in [0.5, 0.6) is 0 Å². The van der Waals surface area contributed by atoms with E-state index in [1.54, 1.807) is 0 Å². The van der Waals surface area contributed by atoms with Gasteiger partial charge in [0.05, 0.1) is 18.8 Å². The van der Waals surface area contributed by atoms with Gasteiger partial charge in [0.25, 0.3) is 0 Å². The minimum atomic E-state index is -0.676. The van der Waals surface area contributed by atoms with Gasteiger partial charge >= 0.3 is 0 Å². The molecule has 4 nitrogen and oxygen atoms in total. The quantitative estimate of drug-likeness (QED) is 0.0422. The maximum atomic E-state index is 12.5. The zero-order chi connectivity index (χ0) is 44.9. The Hall–Kier alpha value is -2.95. The normalized spacial score (nSPS) is 13.8. The predicted molar refractivity (Wildman–Crippen MR) is 276 cm³/mol. The molecule has 2 unspecified atom stereocenters. The number of aliphatic hydroxyl groups is 2. The highest BCUT2D eigenvalue weighted by molar-refractivity contribution is 5.76. The van der Waals surface area contributed by atoms with E-state index in [1.807, 2.05) is 0 Å². The number of aliphatic hydroxyl groups excluding tert-OH is 2. The van der Waals surface area contributed by atoms with Gasteiger partial charge in [-0.05, 0) is 83.5 Å². The van der Waals surface area contributed by atoms with Crippen molar-refractivity contribution in [3.05, 3.63) is 109 Å². The molecule has 0 heterocycles. The SMILES string of the molecule is CC/C=C\C/C=C\C/C=C\C/C=C\C/C=C\C/C=C\C/C=C\C/C=C\C/C=C\CCCCCCCC(=O)NC(CO)C(O)CCCCCCCCCCCCCCCCCCC. The molecule has 354 valence electrons. The monoisotopic (exact) mass is 858 g/mol. The predicted octanol–water partition coefficient (Wildman–Crippen LogP) is 17.1. The number of nitrogens with one attached hydrogen (secondary N) is 1. The molecule has 0 aromatic carbocycles. The number of hydrogen-bond acceptors (Lipinski definition) is 3. The summed E-state index contributed by atoms with van der Waals surface area (Å²) in [5.74, 6) is -0.0538. The first-order valence-corrected chi connectivity index (χ1v) is 26.1. The van der Waals surface area contributed by atoms with Crippen LogP contribution in [0.25, 0.3) is 0 Å². The summed E-state index contributed by atoms with van der Waals surface area (Å²) >= 11 is 0. The van der Waals surface area contributed by atoms with Crippen LogP contribution in [-0.2, 0) is 4.79 Å². The van der Waals surface area contributed by atoms with Gasteiger partial charge in [0.1, 0.15) is 0 Å². The zero-order valence-corrected chi connectivity index (χ0v) is 40.6. The molecular formula is C58H99NO3. The second-order valence-corrected chi connectivity index (χ2v) is 17.2. The highest BCUT2D eigenvalue weighted by Gasteiger charge is 2.20. The molecule has 0 spiro atoms. The van der Waals surface area contributed by atoms with Crippen molar-refractivity contribution in [3.8, 4) is 0 Å². The van der Waals surface area contributed by atoms with Crippen molar-refractivity contribution in [2.45, 2.75) is 244 Å². The van der Waals surface area contributed by atoms with Gasteiger partial charge in [-0.3, -0.25) is 4.79 Å². The number of carbonyl (C=O) groups excluding carboxylic acids is 1. The minimum absolute atomic E-state index is 0.0538. The Kier molecular flexibility index (Phi) is 49.9. The number of rotatable bonds is 46. The van der Waals surface area contributed by atoms with Crippen LogP contribution in [0.4, 0.5) is 0 Å². The number of carbonyl (C=O) groups is 1. The van der Waals surface area contributed by atoms with Crippen molar-refractivity contribution in [2.24, 2.45) is 0 Å². The fourth-order valence-electron chi connectivity index (χ4n) is 7.35. The molecule has 4 heteroatoms. The van der Waals surface area contributed by atoms with Gasteiger partial charge in [-0.2, -0.15) is 0 Å². The molecule has 62 heavy (non-hydrogen) atoms. The molecule has 2 atom stereocenters. The molecule has 0 fully saturated rings. The average molecular weight is 858 g/mol. The molecule has 0 rings (SSSR count). The first-order valence-electron chi connectivity index (χ1n) is 26.1. The minimum Gasteiger partial charge on any atom is -0.394 e. The molecule has 0 radical (unpaired) electrons. The fourth-order valence-corrected chi connectivity index (χ4v) is 7.35. The van der Waals surface area contributed by atoms with E-state index in [-0.39, 0.29) is 12.5 Å². The summed E-state index contributed by atoms with van der Waals surface area (Å²) in [5, 5.41) is 23.3. The molecule has 0 aromatic heterocycles. The van der Waals surface area contributed by atoms with Crippen molar-refractivity contribution < 1.29 is 15.0 Å². The van der Waals surface area contributed by atoms with Crippen molar-refractivity contribution in [2.75, 3.05) is 6.61 Å². The van der Waals surface area contributed by atoms with Crippen LogP contribution in [0, 0.1) is 0 Å². The van der Waals surface area contributed by atoms with E-state index < -0.39 is 12.1 Å². The Morgan fingerprint density at radius 2 is 0.710 bits per heavy atom. The second kappa shape index (κ2) is 52.4. The number of hydrogen-bond donors (Lipinski definition) is 3. The molecule has 0 aliphatic carbocycles. The fraction of sp³-hybridized carbons (Fsp3) is 0.672. The first kappa shape index (κ1) is 59.0. The largest absolute Gasteiger partial charge is 0.394 e. The van der Waals surface area contributed by atoms with Gasteiger partial charge in [-0.25, -0.2) is 0 Å². The molecule has 1 amide bonds. The summed E-state index contributed by atoms with van der Waals surface area (Å²) in [6.07, 6.45) is 79.0. The summed E-state index contributed by atoms with van der Waals surface area (Å²) in [6, 6.07) is -0.555. The van der Waals surface area contributed by atoms with E-state index in [9.17, 15) is 15.0 Å². The lowest BCUT2D eigenvalue weighted by Crippen LogP contribution is -2.45. The topological polar surface area (TPSA) is 69.6 Å². The first-order chi connectivity index (χ1) is 30.7. The number of unbranched alkanes of at least 4 members (excludes halogenated alkanes) is 21. The Morgan fingerprint density at radius 3 is 1.06 bits per heavy atom. The van der Waals surface area contributed by atoms with Crippen LogP contribution in [0.15, 0.2) is 109 Å². The van der Waals surface area contributed by atoms with E-state index in [1.165, 1.54) is 109 Å². The lowest BCUT2D eigenvalue weighted by atomic mass is 10.0. The lowest BCUT2D eigenvalue weighted by Gasteiger charge is -2.22. The Balaban J connectivity index is 3.64. The van der Waals surface area contributed by atoms with Gasteiger partial charge in [0.2, 0.25) is 5.91 Å². The van der Waals surface area contributed by atoms with E-state index in [4.69, 9.17) is 0 Å². The van der Waals surface area contributed by atoms with Crippen LogP contribution in [0.1, 0.15) is 232 Å². The van der Waals surface area contributed by atoms with Crippen molar-refractivity contribution in [3.63, 3.8) is 0 Å². The van der Waals surface area contributed by atoms with E-state index in [2.05, 4.69) is 129 Å². The van der Waals surface area contributed by atoms with Crippen LogP contribution in [0.3, 0.4) is 0 Å². The maximum Gasteiger partial charge on any atom is 0.220 e. The molecule has 0 aliphatic heterocycles. The Bertz CT molecular complexity index is 1200. The summed E-state index contributed by atoms with van der Waals surface area (Å²) in [6.45, 7) is 4.24. The third-order valence-corrected chi connectivity index (χ3v) is 11.3. The van der Waals surface area contributed by atoms with Gasteiger partial charge in [-0.1, -0.05) is 252 Å². The summed E-state index contributed by atoms with van der Waals surface area (Å²) in [5.41, 5.74) is 0. The maximum absolute atomic E-state index is 12.5. The molecule has 0 saturated carbocycles. The molecule has 0 bridgehead atoms. The Morgan fingerprint density at radius 1 is 0.403 bits per heavy atom. The molecule has 0 saturated heterocycles. The van der Waals surface area contributed by atoms with Gasteiger partial charge in [0.15, 0.2) is 0 Å². The molecule has 3 N–H and O–H groups in total. The van der Waals surface area contributed by atoms with Gasteiger partial charge in [-0.15, -0.1) is 0 Å². The second-order valence-electron chi connectivity index (χ2n) is 17.2. The molecule has 0 aliphatic rings. The summed E-state index contributed by atoms with van der Waals surface area (Å²) in [7, 11) is 0. The standard InChI is InChI=1S/C58H99NO3/c1-3-5-7-9-11-13-15-17-19-21-22-23-24-25-26-27-28-29-30-31-32-33-34-35-36-38-40-42-44-46-48-50-52-54-58(62)59-56(55-60)57(61)53-51-49-47-45-43-41-39-37-20-18-16-14-12-10-8-6-4-2/h5,7,11,13,17,19,22-23,25-26,28-29,31-32,34-35,38,40,56-57,60-61H,3-4,6,8-10,12,14-16,18,20-21,24,27,30,33,36-37,39,41-55H2,1-2H3,(H,59,62)/b7-5-,13-11-,19-17-,23-22-,26-25-,29-28-,32-31-,35-34-,40-38-. The summed E-state index contributed by atoms with van der Waals surface area (Å²) < 4.78 is 0. The number of allylic oxidation sites excluding steroid dienone is 18. The van der Waals surface area contributed by atoms with E-state index >= 15 is 0 Å². The van der Waals surface area contributed by atoms with Crippen molar-refractivity contribution in [1.29, 1.82) is 0 Å². The highest BCUT2D eigenvalue weighted by Crippen LogP contribution is 2.16. The van der Waals surface area contributed by atoms with Gasteiger partial charge < -0.3 is 15.5 Å². The smallest absolute Gasteiger partial charge is 0.220 e.